The van der Waals surface area contributed by atoms with Gasteiger partial charge in [-0.3, -0.25) is 4.98 Å². The first kappa shape index (κ1) is 13.6. The van der Waals surface area contributed by atoms with Gasteiger partial charge in [0.2, 0.25) is 0 Å². The second kappa shape index (κ2) is 5.27. The fourth-order valence-corrected chi connectivity index (χ4v) is 1.15. The first-order valence-electron chi connectivity index (χ1n) is 5.22. The van der Waals surface area contributed by atoms with Crippen molar-refractivity contribution in [1.29, 1.82) is 0 Å². The summed E-state index contributed by atoms with van der Waals surface area (Å²) in [6.07, 6.45) is 1.19. The van der Waals surface area contributed by atoms with Crippen LogP contribution < -0.4 is 10.5 Å². The topological polar surface area (TPSA) is 51.4 Å². The number of hydrogen-bond donors (Lipinski definition) is 1. The van der Waals surface area contributed by atoms with Crippen LogP contribution in [0.5, 0.6) is 5.75 Å². The fraction of sp³-hybridized carbons (Fsp3) is 0.545. The molecule has 0 aromatic carbocycles. The molecule has 17 heavy (non-hydrogen) atoms. The third-order valence-corrected chi connectivity index (χ3v) is 2.14. The minimum Gasteiger partial charge on any atom is -0.490 e. The van der Waals surface area contributed by atoms with Crippen molar-refractivity contribution in [3.63, 3.8) is 0 Å². The summed E-state index contributed by atoms with van der Waals surface area (Å²) in [4.78, 5) is 5.51. The van der Waals surface area contributed by atoms with Crippen LogP contribution in [0.25, 0.3) is 0 Å². The van der Waals surface area contributed by atoms with Gasteiger partial charge in [0.1, 0.15) is 18.1 Å². The smallest absolute Gasteiger partial charge is 0.287 e. The second-order valence-electron chi connectivity index (χ2n) is 4.15. The zero-order chi connectivity index (χ0) is 13.1. The Balaban J connectivity index is 2.77. The standard InChI is InChI=1S/C11H17F2N3O/c1-11(12,13)10-6-9(8(14)7-15-10)17-5-4-16(2)3/h6-7H,4-5,14H2,1-3H3. The van der Waals surface area contributed by atoms with Gasteiger partial charge < -0.3 is 15.4 Å². The summed E-state index contributed by atoms with van der Waals surface area (Å²) in [5, 5.41) is 0. The van der Waals surface area contributed by atoms with Crippen molar-refractivity contribution in [2.45, 2.75) is 12.8 Å². The average Bonchev–Trinajstić information content (AvgIpc) is 2.18. The Bertz CT molecular complexity index is 377. The molecule has 0 atom stereocenters. The molecule has 0 fully saturated rings. The summed E-state index contributed by atoms with van der Waals surface area (Å²) in [5.41, 5.74) is 5.52. The van der Waals surface area contributed by atoms with E-state index in [2.05, 4.69) is 4.98 Å². The third-order valence-electron chi connectivity index (χ3n) is 2.14. The molecule has 0 aliphatic carbocycles. The molecule has 1 rings (SSSR count). The zero-order valence-corrected chi connectivity index (χ0v) is 10.2. The lowest BCUT2D eigenvalue weighted by Gasteiger charge is -2.15. The Morgan fingerprint density at radius 2 is 2.12 bits per heavy atom. The normalized spacial score (nSPS) is 11.9. The Morgan fingerprint density at radius 1 is 1.47 bits per heavy atom. The van der Waals surface area contributed by atoms with E-state index in [0.717, 1.165) is 6.92 Å². The summed E-state index contributed by atoms with van der Waals surface area (Å²) in [5.74, 6) is -2.74. The number of ether oxygens (including phenoxy) is 1. The Kier molecular flexibility index (Phi) is 4.22. The van der Waals surface area contributed by atoms with Crippen molar-refractivity contribution in [1.82, 2.24) is 9.88 Å². The largest absolute Gasteiger partial charge is 0.490 e. The van der Waals surface area contributed by atoms with Crippen molar-refractivity contribution >= 4 is 5.69 Å². The highest BCUT2D eigenvalue weighted by Crippen LogP contribution is 2.30. The van der Waals surface area contributed by atoms with Crippen molar-refractivity contribution in [2.75, 3.05) is 33.0 Å². The van der Waals surface area contributed by atoms with Crippen molar-refractivity contribution in [3.8, 4) is 5.75 Å². The van der Waals surface area contributed by atoms with Gasteiger partial charge >= 0.3 is 0 Å². The first-order chi connectivity index (χ1) is 7.80. The molecule has 1 aromatic rings. The van der Waals surface area contributed by atoms with E-state index in [-0.39, 0.29) is 17.1 Å². The minimum atomic E-state index is -2.99. The summed E-state index contributed by atoms with van der Waals surface area (Å²) in [7, 11) is 3.79. The van der Waals surface area contributed by atoms with E-state index in [9.17, 15) is 8.78 Å². The molecule has 0 radical (unpaired) electrons. The number of halogens is 2. The van der Waals surface area contributed by atoms with Crippen molar-refractivity contribution in [2.24, 2.45) is 0 Å². The number of nitrogens with two attached hydrogens (primary N) is 1. The summed E-state index contributed by atoms with van der Waals surface area (Å²) >= 11 is 0. The fourth-order valence-electron chi connectivity index (χ4n) is 1.15. The van der Waals surface area contributed by atoms with Crippen LogP contribution in [-0.2, 0) is 5.92 Å². The molecular formula is C11H17F2N3O. The second-order valence-corrected chi connectivity index (χ2v) is 4.15. The molecule has 6 heteroatoms. The molecule has 0 aliphatic heterocycles. The van der Waals surface area contributed by atoms with Gasteiger partial charge in [-0.1, -0.05) is 0 Å². The van der Waals surface area contributed by atoms with Crippen LogP contribution in [0.3, 0.4) is 0 Å². The number of likely N-dealkylation sites (N-methyl/N-ethyl adjacent to an activating group) is 1. The van der Waals surface area contributed by atoms with Crippen molar-refractivity contribution in [3.05, 3.63) is 18.0 Å². The number of aromatic nitrogens is 1. The average molecular weight is 245 g/mol. The van der Waals surface area contributed by atoms with Crippen LogP contribution in [0.2, 0.25) is 0 Å². The van der Waals surface area contributed by atoms with Crippen LogP contribution >= 0.6 is 0 Å². The zero-order valence-electron chi connectivity index (χ0n) is 10.2. The molecule has 0 amide bonds. The predicted molar refractivity (Wildman–Crippen MR) is 62.3 cm³/mol. The molecule has 2 N–H and O–H groups in total. The molecule has 0 bridgehead atoms. The van der Waals surface area contributed by atoms with Gasteiger partial charge in [0.25, 0.3) is 5.92 Å². The molecule has 0 saturated heterocycles. The van der Waals surface area contributed by atoms with E-state index >= 15 is 0 Å². The lowest BCUT2D eigenvalue weighted by atomic mass is 10.2. The van der Waals surface area contributed by atoms with Gasteiger partial charge in [-0.25, -0.2) is 0 Å². The maximum atomic E-state index is 13.0. The predicted octanol–water partition coefficient (Wildman–Crippen LogP) is 1.72. The lowest BCUT2D eigenvalue weighted by molar-refractivity contribution is 0.0125. The highest BCUT2D eigenvalue weighted by molar-refractivity contribution is 5.51. The number of nitrogens with zero attached hydrogens (tertiary/aromatic N) is 2. The maximum absolute atomic E-state index is 13.0. The molecule has 1 heterocycles. The van der Waals surface area contributed by atoms with E-state index in [4.69, 9.17) is 10.5 Å². The summed E-state index contributed by atoms with van der Waals surface area (Å²) in [6.45, 7) is 1.85. The van der Waals surface area contributed by atoms with Gasteiger partial charge in [-0.2, -0.15) is 8.78 Å². The Labute approximate surface area is 99.4 Å². The van der Waals surface area contributed by atoms with Gasteiger partial charge in [-0.15, -0.1) is 0 Å². The number of pyridine rings is 1. The first-order valence-corrected chi connectivity index (χ1v) is 5.22. The van der Waals surface area contributed by atoms with Crippen LogP contribution in [-0.4, -0.2) is 37.1 Å². The molecule has 0 spiro atoms. The molecule has 0 aliphatic rings. The van der Waals surface area contributed by atoms with Crippen LogP contribution in [0.1, 0.15) is 12.6 Å². The van der Waals surface area contributed by atoms with Gasteiger partial charge in [0, 0.05) is 19.5 Å². The quantitative estimate of drug-likeness (QED) is 0.858. The highest BCUT2D eigenvalue weighted by atomic mass is 19.3. The number of anilines is 1. The number of hydrogen-bond acceptors (Lipinski definition) is 4. The van der Waals surface area contributed by atoms with Gasteiger partial charge in [0.05, 0.1) is 11.9 Å². The third kappa shape index (κ3) is 4.14. The summed E-state index contributed by atoms with van der Waals surface area (Å²) in [6, 6.07) is 1.19. The Morgan fingerprint density at radius 3 is 2.65 bits per heavy atom. The van der Waals surface area contributed by atoms with Gasteiger partial charge in [-0.05, 0) is 14.1 Å². The molecule has 4 nitrogen and oxygen atoms in total. The SMILES string of the molecule is CN(C)CCOc1cc(C(C)(F)F)ncc1N. The molecular weight excluding hydrogens is 228 g/mol. The molecule has 0 saturated carbocycles. The van der Waals surface area contributed by atoms with Crippen LogP contribution in [0.15, 0.2) is 12.3 Å². The number of rotatable bonds is 5. The molecule has 1 aromatic heterocycles. The Hall–Kier alpha value is -1.43. The monoisotopic (exact) mass is 245 g/mol. The molecule has 0 unspecified atom stereocenters. The summed E-state index contributed by atoms with van der Waals surface area (Å²) < 4.78 is 31.4. The number of alkyl halides is 2. The van der Waals surface area contributed by atoms with Crippen molar-refractivity contribution < 1.29 is 13.5 Å². The van der Waals surface area contributed by atoms with E-state index in [1.165, 1.54) is 12.3 Å². The highest BCUT2D eigenvalue weighted by Gasteiger charge is 2.27. The van der Waals surface area contributed by atoms with E-state index < -0.39 is 5.92 Å². The lowest BCUT2D eigenvalue weighted by Crippen LogP contribution is -2.20. The minimum absolute atomic E-state index is 0.248. The number of nitrogen functional groups attached to an aromatic ring is 1. The van der Waals surface area contributed by atoms with E-state index in [0.29, 0.717) is 13.2 Å². The van der Waals surface area contributed by atoms with E-state index in [1.54, 1.807) is 0 Å². The van der Waals surface area contributed by atoms with Crippen LogP contribution in [0.4, 0.5) is 14.5 Å². The van der Waals surface area contributed by atoms with Crippen LogP contribution in [0, 0.1) is 0 Å². The van der Waals surface area contributed by atoms with Gasteiger partial charge in [0.15, 0.2) is 0 Å². The maximum Gasteiger partial charge on any atom is 0.287 e. The molecule has 96 valence electrons. The van der Waals surface area contributed by atoms with E-state index in [1.807, 2.05) is 19.0 Å².